The number of carboxylic acids is 1. The number of amides is 1. The van der Waals surface area contributed by atoms with Crippen LogP contribution >= 0.6 is 0 Å². The van der Waals surface area contributed by atoms with E-state index in [1.165, 1.54) is 12.1 Å². The number of aryl methyl sites for hydroxylation is 1. The number of aliphatic carboxylic acids is 1. The van der Waals surface area contributed by atoms with E-state index >= 15 is 0 Å². The molecule has 0 aromatic heterocycles. The maximum Gasteiger partial charge on any atom is 0.305 e. The number of carbonyl (C=O) groups excluding carboxylic acids is 1. The first-order valence-corrected chi connectivity index (χ1v) is 6.26. The summed E-state index contributed by atoms with van der Waals surface area (Å²) >= 11 is 0. The van der Waals surface area contributed by atoms with E-state index < -0.39 is 23.7 Å². The summed E-state index contributed by atoms with van der Waals surface area (Å²) in [6.07, 6.45) is 1.70. The van der Waals surface area contributed by atoms with Crippen molar-refractivity contribution in [2.24, 2.45) is 5.92 Å². The van der Waals surface area contributed by atoms with Gasteiger partial charge in [-0.2, -0.15) is 0 Å². The first-order chi connectivity index (χ1) is 8.97. The van der Waals surface area contributed by atoms with Gasteiger partial charge < -0.3 is 10.4 Å². The lowest BCUT2D eigenvalue weighted by molar-refractivity contribution is -0.137. The number of benzene rings is 1. The van der Waals surface area contributed by atoms with Crippen LogP contribution in [0.2, 0.25) is 0 Å². The molecule has 0 heterocycles. The smallest absolute Gasteiger partial charge is 0.305 e. The highest BCUT2D eigenvalue weighted by molar-refractivity contribution is 5.95. The Bertz CT molecular complexity index is 511. The summed E-state index contributed by atoms with van der Waals surface area (Å²) in [5, 5.41) is 11.4. The largest absolute Gasteiger partial charge is 0.481 e. The van der Waals surface area contributed by atoms with E-state index in [9.17, 15) is 14.0 Å². The predicted octanol–water partition coefficient (Wildman–Crippen LogP) is 2.12. The molecule has 102 valence electrons. The molecule has 4 nitrogen and oxygen atoms in total. The number of carbonyl (C=O) groups is 2. The lowest BCUT2D eigenvalue weighted by atomic mass is 10.1. The van der Waals surface area contributed by atoms with Gasteiger partial charge in [-0.15, -0.1) is 0 Å². The molecule has 0 radical (unpaired) electrons. The first-order valence-electron chi connectivity index (χ1n) is 6.26. The molecule has 1 aromatic rings. The van der Waals surface area contributed by atoms with Crippen LogP contribution in [-0.4, -0.2) is 23.0 Å². The normalized spacial score (nSPS) is 15.9. The van der Waals surface area contributed by atoms with Crippen molar-refractivity contribution < 1.29 is 19.1 Å². The van der Waals surface area contributed by atoms with Crippen LogP contribution in [0.3, 0.4) is 0 Å². The molecule has 0 spiro atoms. The topological polar surface area (TPSA) is 66.4 Å². The molecule has 0 aliphatic heterocycles. The molecular weight excluding hydrogens is 249 g/mol. The molecule has 1 atom stereocenters. The lowest BCUT2D eigenvalue weighted by Gasteiger charge is -2.16. The fourth-order valence-corrected chi connectivity index (χ4v) is 2.07. The number of rotatable bonds is 5. The van der Waals surface area contributed by atoms with Crippen molar-refractivity contribution in [3.63, 3.8) is 0 Å². The minimum Gasteiger partial charge on any atom is -0.481 e. The molecule has 5 heteroatoms. The Morgan fingerprint density at radius 3 is 2.68 bits per heavy atom. The summed E-state index contributed by atoms with van der Waals surface area (Å²) in [4.78, 5) is 22.7. The van der Waals surface area contributed by atoms with Crippen molar-refractivity contribution in [3.05, 3.63) is 35.1 Å². The van der Waals surface area contributed by atoms with Gasteiger partial charge in [0, 0.05) is 6.04 Å². The van der Waals surface area contributed by atoms with Crippen LogP contribution in [0, 0.1) is 18.7 Å². The zero-order chi connectivity index (χ0) is 14.0. The van der Waals surface area contributed by atoms with Crippen LogP contribution in [0.5, 0.6) is 0 Å². The SMILES string of the molecule is Cc1ccc(C(=O)NC(CC(=O)O)C2CC2)c(F)c1. The van der Waals surface area contributed by atoms with E-state index in [2.05, 4.69) is 5.32 Å². The minimum absolute atomic E-state index is 0.0401. The van der Waals surface area contributed by atoms with E-state index in [1.54, 1.807) is 13.0 Å². The highest BCUT2D eigenvalue weighted by atomic mass is 19.1. The highest BCUT2D eigenvalue weighted by Crippen LogP contribution is 2.34. The van der Waals surface area contributed by atoms with Gasteiger partial charge in [0.1, 0.15) is 5.82 Å². The molecule has 2 rings (SSSR count). The van der Waals surface area contributed by atoms with Crippen LogP contribution in [-0.2, 0) is 4.79 Å². The Balaban J connectivity index is 2.08. The molecule has 2 N–H and O–H groups in total. The van der Waals surface area contributed by atoms with E-state index in [-0.39, 0.29) is 17.9 Å². The number of halogens is 1. The summed E-state index contributed by atoms with van der Waals surface area (Å²) in [6.45, 7) is 1.74. The van der Waals surface area contributed by atoms with Crippen molar-refractivity contribution in [1.82, 2.24) is 5.32 Å². The summed E-state index contributed by atoms with van der Waals surface area (Å²) in [5.74, 6) is -1.88. The van der Waals surface area contributed by atoms with Crippen molar-refractivity contribution in [3.8, 4) is 0 Å². The third-order valence-corrected chi connectivity index (χ3v) is 3.27. The number of hydrogen-bond acceptors (Lipinski definition) is 2. The second-order valence-corrected chi connectivity index (χ2v) is 5.00. The van der Waals surface area contributed by atoms with Crippen molar-refractivity contribution in [2.75, 3.05) is 0 Å². The van der Waals surface area contributed by atoms with Gasteiger partial charge in [0.05, 0.1) is 12.0 Å². The van der Waals surface area contributed by atoms with E-state index in [4.69, 9.17) is 5.11 Å². The van der Waals surface area contributed by atoms with Crippen molar-refractivity contribution in [2.45, 2.75) is 32.2 Å². The van der Waals surface area contributed by atoms with Crippen molar-refractivity contribution >= 4 is 11.9 Å². The standard InChI is InChI=1S/C14H16FNO3/c1-8-2-5-10(11(15)6-8)14(19)16-12(7-13(17)18)9-3-4-9/h2,5-6,9,12H,3-4,7H2,1H3,(H,16,19)(H,17,18). The molecule has 1 unspecified atom stereocenters. The van der Waals surface area contributed by atoms with Crippen LogP contribution in [0.1, 0.15) is 35.2 Å². The van der Waals surface area contributed by atoms with Gasteiger partial charge in [-0.05, 0) is 43.4 Å². The van der Waals surface area contributed by atoms with Gasteiger partial charge in [-0.3, -0.25) is 9.59 Å². The van der Waals surface area contributed by atoms with Crippen LogP contribution in [0.15, 0.2) is 18.2 Å². The number of carboxylic acid groups (broad SMARTS) is 1. The molecule has 1 aliphatic rings. The van der Waals surface area contributed by atoms with E-state index in [0.717, 1.165) is 18.4 Å². The zero-order valence-corrected chi connectivity index (χ0v) is 10.6. The van der Waals surface area contributed by atoms with E-state index in [1.807, 2.05) is 0 Å². The summed E-state index contributed by atoms with van der Waals surface area (Å²) in [5.41, 5.74) is 0.694. The molecule has 1 fully saturated rings. The highest BCUT2D eigenvalue weighted by Gasteiger charge is 2.34. The van der Waals surface area contributed by atoms with Crippen molar-refractivity contribution in [1.29, 1.82) is 0 Å². The second-order valence-electron chi connectivity index (χ2n) is 5.00. The van der Waals surface area contributed by atoms with Crippen LogP contribution < -0.4 is 5.32 Å². The molecule has 1 aliphatic carbocycles. The number of nitrogens with one attached hydrogen (secondary N) is 1. The zero-order valence-electron chi connectivity index (χ0n) is 10.6. The van der Waals surface area contributed by atoms with E-state index in [0.29, 0.717) is 0 Å². The quantitative estimate of drug-likeness (QED) is 0.857. The van der Waals surface area contributed by atoms with Crippen LogP contribution in [0.25, 0.3) is 0 Å². The fourth-order valence-electron chi connectivity index (χ4n) is 2.07. The van der Waals surface area contributed by atoms with Gasteiger partial charge in [0.25, 0.3) is 5.91 Å². The summed E-state index contributed by atoms with van der Waals surface area (Å²) in [6, 6.07) is 3.95. The molecule has 0 saturated heterocycles. The Hall–Kier alpha value is -1.91. The van der Waals surface area contributed by atoms with Gasteiger partial charge in [0.2, 0.25) is 0 Å². The molecular formula is C14H16FNO3. The van der Waals surface area contributed by atoms with Gasteiger partial charge in [0.15, 0.2) is 0 Å². The Labute approximate surface area is 110 Å². The van der Waals surface area contributed by atoms with Gasteiger partial charge in [-0.25, -0.2) is 4.39 Å². The molecule has 1 amide bonds. The monoisotopic (exact) mass is 265 g/mol. The van der Waals surface area contributed by atoms with Gasteiger partial charge in [-0.1, -0.05) is 6.07 Å². The summed E-state index contributed by atoms with van der Waals surface area (Å²) in [7, 11) is 0. The predicted molar refractivity (Wildman–Crippen MR) is 67.4 cm³/mol. The maximum absolute atomic E-state index is 13.7. The Morgan fingerprint density at radius 1 is 1.47 bits per heavy atom. The lowest BCUT2D eigenvalue weighted by Crippen LogP contribution is -2.38. The Morgan fingerprint density at radius 2 is 2.16 bits per heavy atom. The third kappa shape index (κ3) is 3.53. The average molecular weight is 265 g/mol. The Kier molecular flexibility index (Phi) is 3.83. The summed E-state index contributed by atoms with van der Waals surface area (Å²) < 4.78 is 13.7. The second kappa shape index (κ2) is 5.38. The maximum atomic E-state index is 13.7. The van der Waals surface area contributed by atoms with Gasteiger partial charge >= 0.3 is 5.97 Å². The molecule has 1 aromatic carbocycles. The molecule has 19 heavy (non-hydrogen) atoms. The minimum atomic E-state index is -0.957. The third-order valence-electron chi connectivity index (χ3n) is 3.27. The molecule has 1 saturated carbocycles. The number of hydrogen-bond donors (Lipinski definition) is 2. The molecule has 0 bridgehead atoms. The first kappa shape index (κ1) is 13.5. The van der Waals surface area contributed by atoms with Crippen LogP contribution in [0.4, 0.5) is 4.39 Å². The average Bonchev–Trinajstić information content (AvgIpc) is 3.10. The fraction of sp³-hybridized carbons (Fsp3) is 0.429.